The van der Waals surface area contributed by atoms with E-state index in [9.17, 15) is 13.6 Å². The summed E-state index contributed by atoms with van der Waals surface area (Å²) >= 11 is 0. The van der Waals surface area contributed by atoms with Gasteiger partial charge in [0, 0.05) is 6.07 Å². The molecule has 2 N–H and O–H groups in total. The lowest BCUT2D eigenvalue weighted by Crippen LogP contribution is -2.14. The van der Waals surface area contributed by atoms with Gasteiger partial charge in [-0.15, -0.1) is 0 Å². The van der Waals surface area contributed by atoms with E-state index < -0.39 is 17.5 Å². The molecule has 2 aromatic rings. The van der Waals surface area contributed by atoms with E-state index in [0.717, 1.165) is 30.3 Å². The van der Waals surface area contributed by atoms with Crippen molar-refractivity contribution in [3.05, 3.63) is 59.2 Å². The van der Waals surface area contributed by atoms with Crippen molar-refractivity contribution in [2.45, 2.75) is 0 Å². The number of rotatable bonds is 2. The Bertz CT molecular complexity index is 724. The van der Waals surface area contributed by atoms with Crippen LogP contribution < -0.4 is 5.32 Å². The van der Waals surface area contributed by atoms with Gasteiger partial charge in [-0.05, 0) is 30.3 Å². The van der Waals surface area contributed by atoms with Crippen molar-refractivity contribution in [1.29, 1.82) is 5.26 Å². The molecule has 2 aromatic carbocycles. The first-order chi connectivity index (χ1) is 9.51. The van der Waals surface area contributed by atoms with Gasteiger partial charge < -0.3 is 10.4 Å². The molecule has 0 atom stereocenters. The molecule has 0 aliphatic heterocycles. The number of anilines is 1. The molecule has 0 aliphatic carbocycles. The van der Waals surface area contributed by atoms with E-state index in [-0.39, 0.29) is 22.6 Å². The second-order valence-electron chi connectivity index (χ2n) is 3.92. The number of phenols is 1. The molecule has 20 heavy (non-hydrogen) atoms. The highest BCUT2D eigenvalue weighted by Crippen LogP contribution is 2.19. The summed E-state index contributed by atoms with van der Waals surface area (Å²) in [6, 6.07) is 8.04. The third kappa shape index (κ3) is 2.72. The van der Waals surface area contributed by atoms with Crippen LogP contribution in [0.1, 0.15) is 15.9 Å². The minimum Gasteiger partial charge on any atom is -0.508 e. The van der Waals surface area contributed by atoms with E-state index in [1.807, 2.05) is 0 Å². The summed E-state index contributed by atoms with van der Waals surface area (Å²) in [5.74, 6) is -2.62. The molecule has 0 heterocycles. The zero-order valence-corrected chi connectivity index (χ0v) is 10.0. The number of benzene rings is 2. The molecule has 1 amide bonds. The van der Waals surface area contributed by atoms with Crippen LogP contribution in [0.3, 0.4) is 0 Å². The average Bonchev–Trinajstić information content (AvgIpc) is 2.40. The molecular formula is C14H8F2N2O2. The number of nitrogens with zero attached hydrogens (tertiary/aromatic N) is 1. The fraction of sp³-hybridized carbons (Fsp3) is 0. The average molecular weight is 274 g/mol. The van der Waals surface area contributed by atoms with E-state index in [2.05, 4.69) is 5.32 Å². The van der Waals surface area contributed by atoms with Gasteiger partial charge in [0.05, 0.1) is 16.8 Å². The lowest BCUT2D eigenvalue weighted by atomic mass is 10.1. The second-order valence-corrected chi connectivity index (χ2v) is 3.92. The highest BCUT2D eigenvalue weighted by molar-refractivity contribution is 6.05. The Morgan fingerprint density at radius 3 is 2.60 bits per heavy atom. The number of nitriles is 1. The summed E-state index contributed by atoms with van der Waals surface area (Å²) in [7, 11) is 0. The van der Waals surface area contributed by atoms with Crippen molar-refractivity contribution in [3.63, 3.8) is 0 Å². The second kappa shape index (κ2) is 5.36. The lowest BCUT2D eigenvalue weighted by molar-refractivity contribution is 0.102. The zero-order chi connectivity index (χ0) is 14.7. The van der Waals surface area contributed by atoms with Gasteiger partial charge in [-0.3, -0.25) is 4.79 Å². The van der Waals surface area contributed by atoms with Crippen LogP contribution in [0.2, 0.25) is 0 Å². The maximum atomic E-state index is 13.5. The molecule has 6 heteroatoms. The standard InChI is InChI=1S/C14H8F2N2O2/c15-9-1-4-13(8(5-9)7-17)18-14(20)11-3-2-10(19)6-12(11)16/h1-6,19H,(H,18,20). The molecule has 0 saturated carbocycles. The quantitative estimate of drug-likeness (QED) is 0.884. The van der Waals surface area contributed by atoms with Crippen LogP contribution in [0.4, 0.5) is 14.5 Å². The normalized spacial score (nSPS) is 9.85. The topological polar surface area (TPSA) is 73.1 Å². The highest BCUT2D eigenvalue weighted by atomic mass is 19.1. The van der Waals surface area contributed by atoms with Gasteiger partial charge in [-0.1, -0.05) is 0 Å². The van der Waals surface area contributed by atoms with Crippen molar-refractivity contribution in [1.82, 2.24) is 0 Å². The molecule has 0 radical (unpaired) electrons. The predicted molar refractivity (Wildman–Crippen MR) is 67.1 cm³/mol. The fourth-order valence-corrected chi connectivity index (χ4v) is 1.60. The molecule has 0 fully saturated rings. The Labute approximate surface area is 112 Å². The number of carbonyl (C=O) groups excluding carboxylic acids is 1. The van der Waals surface area contributed by atoms with Crippen LogP contribution in [0.15, 0.2) is 36.4 Å². The minimum atomic E-state index is -0.900. The van der Waals surface area contributed by atoms with Crippen molar-refractivity contribution >= 4 is 11.6 Å². The van der Waals surface area contributed by atoms with E-state index in [1.165, 1.54) is 6.07 Å². The Kier molecular flexibility index (Phi) is 3.62. The Balaban J connectivity index is 2.31. The Hall–Kier alpha value is -2.94. The molecular weight excluding hydrogens is 266 g/mol. The van der Waals surface area contributed by atoms with Crippen LogP contribution in [0, 0.1) is 23.0 Å². The number of phenolic OH excluding ortho intramolecular Hbond substituents is 1. The number of hydrogen-bond donors (Lipinski definition) is 2. The molecule has 0 unspecified atom stereocenters. The summed E-state index contributed by atoms with van der Waals surface area (Å²) in [6.07, 6.45) is 0. The van der Waals surface area contributed by atoms with Crippen LogP contribution in [-0.2, 0) is 0 Å². The van der Waals surface area contributed by atoms with Gasteiger partial charge in [0.25, 0.3) is 5.91 Å². The SMILES string of the molecule is N#Cc1cc(F)ccc1NC(=O)c1ccc(O)cc1F. The summed E-state index contributed by atoms with van der Waals surface area (Å²) in [4.78, 5) is 11.9. The van der Waals surface area contributed by atoms with Gasteiger partial charge in [-0.2, -0.15) is 5.26 Å². The van der Waals surface area contributed by atoms with Crippen molar-refractivity contribution in [2.75, 3.05) is 5.32 Å². The number of halogens is 2. The van der Waals surface area contributed by atoms with Crippen LogP contribution in [-0.4, -0.2) is 11.0 Å². The third-order valence-corrected chi connectivity index (χ3v) is 2.55. The fourth-order valence-electron chi connectivity index (χ4n) is 1.60. The van der Waals surface area contributed by atoms with Crippen molar-refractivity contribution in [3.8, 4) is 11.8 Å². The number of nitrogens with one attached hydrogen (secondary N) is 1. The zero-order valence-electron chi connectivity index (χ0n) is 10.0. The first-order valence-electron chi connectivity index (χ1n) is 5.51. The predicted octanol–water partition coefficient (Wildman–Crippen LogP) is 2.79. The largest absolute Gasteiger partial charge is 0.508 e. The first kappa shape index (κ1) is 13.5. The highest BCUT2D eigenvalue weighted by Gasteiger charge is 2.14. The number of carbonyl (C=O) groups is 1. The summed E-state index contributed by atoms with van der Waals surface area (Å²) in [6.45, 7) is 0. The summed E-state index contributed by atoms with van der Waals surface area (Å²) in [5, 5.41) is 20.2. The molecule has 0 saturated heterocycles. The number of hydrogen-bond acceptors (Lipinski definition) is 3. The van der Waals surface area contributed by atoms with E-state index >= 15 is 0 Å². The smallest absolute Gasteiger partial charge is 0.258 e. The maximum Gasteiger partial charge on any atom is 0.258 e. The third-order valence-electron chi connectivity index (χ3n) is 2.55. The summed E-state index contributed by atoms with van der Waals surface area (Å²) in [5.41, 5.74) is -0.292. The first-order valence-corrected chi connectivity index (χ1v) is 5.51. The van der Waals surface area contributed by atoms with Gasteiger partial charge >= 0.3 is 0 Å². The molecule has 0 aromatic heterocycles. The van der Waals surface area contributed by atoms with Gasteiger partial charge in [-0.25, -0.2) is 8.78 Å². The van der Waals surface area contributed by atoms with E-state index in [0.29, 0.717) is 0 Å². The molecule has 100 valence electrons. The maximum absolute atomic E-state index is 13.5. The molecule has 4 nitrogen and oxygen atoms in total. The van der Waals surface area contributed by atoms with Gasteiger partial charge in [0.1, 0.15) is 23.5 Å². The Morgan fingerprint density at radius 2 is 1.95 bits per heavy atom. The Morgan fingerprint density at radius 1 is 1.20 bits per heavy atom. The van der Waals surface area contributed by atoms with Crippen LogP contribution in [0.5, 0.6) is 5.75 Å². The lowest BCUT2D eigenvalue weighted by Gasteiger charge is -2.08. The van der Waals surface area contributed by atoms with Crippen LogP contribution in [0.25, 0.3) is 0 Å². The van der Waals surface area contributed by atoms with Crippen molar-refractivity contribution in [2.24, 2.45) is 0 Å². The van der Waals surface area contributed by atoms with Crippen LogP contribution >= 0.6 is 0 Å². The molecule has 0 spiro atoms. The molecule has 0 aliphatic rings. The van der Waals surface area contributed by atoms with E-state index in [1.54, 1.807) is 6.07 Å². The van der Waals surface area contributed by atoms with Gasteiger partial charge in [0.2, 0.25) is 0 Å². The summed E-state index contributed by atoms with van der Waals surface area (Å²) < 4.78 is 26.5. The van der Waals surface area contributed by atoms with Gasteiger partial charge in [0.15, 0.2) is 0 Å². The van der Waals surface area contributed by atoms with Crippen molar-refractivity contribution < 1.29 is 18.7 Å². The number of amides is 1. The minimum absolute atomic E-state index is 0.0717. The molecule has 2 rings (SSSR count). The monoisotopic (exact) mass is 274 g/mol. The van der Waals surface area contributed by atoms with E-state index in [4.69, 9.17) is 10.4 Å². The molecule has 0 bridgehead atoms. The number of aromatic hydroxyl groups is 1.